The van der Waals surface area contributed by atoms with Crippen LogP contribution in [0.3, 0.4) is 0 Å². The van der Waals surface area contributed by atoms with Crippen molar-refractivity contribution < 1.29 is 23.9 Å². The van der Waals surface area contributed by atoms with E-state index in [1.807, 2.05) is 12.1 Å². The Labute approximate surface area is 158 Å². The summed E-state index contributed by atoms with van der Waals surface area (Å²) in [7, 11) is 1.38. The molecule has 1 heterocycles. The van der Waals surface area contributed by atoms with E-state index in [4.69, 9.17) is 9.47 Å². The number of ketones is 3. The van der Waals surface area contributed by atoms with Gasteiger partial charge < -0.3 is 9.47 Å². The molecule has 1 aliphatic carbocycles. The number of allylic oxidation sites excluding steroid dienone is 5. The van der Waals surface area contributed by atoms with Gasteiger partial charge in [-0.25, -0.2) is 0 Å². The van der Waals surface area contributed by atoms with Gasteiger partial charge in [-0.2, -0.15) is 0 Å². The highest BCUT2D eigenvalue weighted by atomic mass is 16.5. The molecule has 1 aliphatic heterocycles. The van der Waals surface area contributed by atoms with Crippen molar-refractivity contribution in [2.75, 3.05) is 7.11 Å². The van der Waals surface area contributed by atoms with Gasteiger partial charge in [-0.15, -0.1) is 0 Å². The minimum atomic E-state index is -0.723. The van der Waals surface area contributed by atoms with E-state index in [0.29, 0.717) is 11.3 Å². The number of carbonyl (C=O) groups excluding carboxylic acids is 3. The highest BCUT2D eigenvalue weighted by molar-refractivity contribution is 6.50. The zero-order chi connectivity index (χ0) is 19.4. The second-order valence-corrected chi connectivity index (χ2v) is 6.60. The summed E-state index contributed by atoms with van der Waals surface area (Å²) < 4.78 is 10.8. The lowest BCUT2D eigenvalue weighted by molar-refractivity contribution is -0.115. The molecule has 0 amide bonds. The van der Waals surface area contributed by atoms with Crippen LogP contribution in [0.5, 0.6) is 5.75 Å². The minimum Gasteiger partial charge on any atom is -0.493 e. The largest absolute Gasteiger partial charge is 0.493 e. The van der Waals surface area contributed by atoms with Gasteiger partial charge in [-0.1, -0.05) is 32.3 Å². The number of Topliss-reactive ketones (excluding diaryl/α,β-unsaturated/α-hetero) is 2. The van der Waals surface area contributed by atoms with Gasteiger partial charge in [0.25, 0.3) is 5.78 Å². The minimum absolute atomic E-state index is 0.0751. The lowest BCUT2D eigenvalue weighted by Crippen LogP contribution is -2.27. The maximum absolute atomic E-state index is 12.5. The number of unbranched alkanes of at least 4 members (excludes halogenated alkanes) is 3. The molecule has 0 spiro atoms. The second-order valence-electron chi connectivity index (χ2n) is 6.60. The third-order valence-electron chi connectivity index (χ3n) is 4.66. The molecule has 5 nitrogen and oxygen atoms in total. The van der Waals surface area contributed by atoms with E-state index in [1.54, 1.807) is 6.07 Å². The lowest BCUT2D eigenvalue weighted by atomic mass is 9.95. The van der Waals surface area contributed by atoms with Crippen LogP contribution in [0.25, 0.3) is 0 Å². The van der Waals surface area contributed by atoms with E-state index >= 15 is 0 Å². The molecule has 2 aliphatic rings. The van der Waals surface area contributed by atoms with Gasteiger partial charge in [0.15, 0.2) is 11.5 Å². The maximum Gasteiger partial charge on any atom is 0.269 e. The average Bonchev–Trinajstić information content (AvgIpc) is 2.68. The Balaban J connectivity index is 1.91. The van der Waals surface area contributed by atoms with Crippen LogP contribution in [-0.4, -0.2) is 24.5 Å². The summed E-state index contributed by atoms with van der Waals surface area (Å²) in [6.45, 7) is 2.17. The van der Waals surface area contributed by atoms with Crippen molar-refractivity contribution in [1.29, 1.82) is 0 Å². The molecular weight excluding hydrogens is 344 g/mol. The van der Waals surface area contributed by atoms with Crippen molar-refractivity contribution in [3.63, 3.8) is 0 Å². The number of carbonyl (C=O) groups is 3. The molecule has 0 unspecified atom stereocenters. The molecule has 140 valence electrons. The van der Waals surface area contributed by atoms with Crippen LogP contribution in [0.4, 0.5) is 0 Å². The molecule has 0 radical (unpaired) electrons. The van der Waals surface area contributed by atoms with E-state index < -0.39 is 11.6 Å². The summed E-state index contributed by atoms with van der Waals surface area (Å²) in [6.07, 6.45) is 9.67. The lowest BCUT2D eigenvalue weighted by Gasteiger charge is -2.20. The maximum atomic E-state index is 12.5. The zero-order valence-corrected chi connectivity index (χ0v) is 15.5. The van der Waals surface area contributed by atoms with Crippen LogP contribution in [0, 0.1) is 0 Å². The summed E-state index contributed by atoms with van der Waals surface area (Å²) in [5, 5.41) is 0. The first kappa shape index (κ1) is 18.8. The summed E-state index contributed by atoms with van der Waals surface area (Å²) in [5.41, 5.74) is 1.69. The predicted octanol–water partition coefficient (Wildman–Crippen LogP) is 3.88. The Kier molecular flexibility index (Phi) is 5.69. The number of benzene rings is 1. The molecule has 0 fully saturated rings. The van der Waals surface area contributed by atoms with E-state index in [2.05, 4.69) is 6.92 Å². The van der Waals surface area contributed by atoms with Crippen molar-refractivity contribution in [2.45, 2.75) is 39.0 Å². The number of rotatable bonds is 6. The Hall–Kier alpha value is -2.95. The van der Waals surface area contributed by atoms with Gasteiger partial charge in [0.1, 0.15) is 5.75 Å². The molecule has 3 rings (SSSR count). The van der Waals surface area contributed by atoms with Crippen LogP contribution in [0.2, 0.25) is 0 Å². The Morgan fingerprint density at radius 1 is 1.00 bits per heavy atom. The van der Waals surface area contributed by atoms with Gasteiger partial charge in [0.05, 0.1) is 12.7 Å². The number of methoxy groups -OCH3 is 1. The molecular formula is C22H22O5. The van der Waals surface area contributed by atoms with E-state index in [0.717, 1.165) is 24.8 Å². The van der Waals surface area contributed by atoms with Crippen molar-refractivity contribution in [1.82, 2.24) is 0 Å². The van der Waals surface area contributed by atoms with Gasteiger partial charge in [0, 0.05) is 5.57 Å². The van der Waals surface area contributed by atoms with Crippen molar-refractivity contribution in [3.8, 4) is 5.75 Å². The smallest absolute Gasteiger partial charge is 0.269 e. The van der Waals surface area contributed by atoms with Crippen LogP contribution in [0.1, 0.15) is 48.5 Å². The first-order valence-corrected chi connectivity index (χ1v) is 9.17. The molecule has 0 saturated heterocycles. The third kappa shape index (κ3) is 3.92. The van der Waals surface area contributed by atoms with Gasteiger partial charge >= 0.3 is 0 Å². The molecule has 0 N–H and O–H groups in total. The zero-order valence-electron chi connectivity index (χ0n) is 15.5. The molecule has 0 saturated carbocycles. The van der Waals surface area contributed by atoms with Crippen LogP contribution >= 0.6 is 0 Å². The Bertz CT molecular complexity index is 886. The molecule has 5 heteroatoms. The normalized spacial score (nSPS) is 18.9. The second kappa shape index (κ2) is 8.16. The summed E-state index contributed by atoms with van der Waals surface area (Å²) >= 11 is 0. The number of aryl methyl sites for hydroxylation is 1. The molecule has 0 bridgehead atoms. The van der Waals surface area contributed by atoms with E-state index in [1.165, 1.54) is 38.2 Å². The van der Waals surface area contributed by atoms with Crippen LogP contribution in [0.15, 0.2) is 53.5 Å². The van der Waals surface area contributed by atoms with Crippen molar-refractivity contribution in [3.05, 3.63) is 64.6 Å². The van der Waals surface area contributed by atoms with Gasteiger partial charge in [-0.05, 0) is 48.8 Å². The topological polar surface area (TPSA) is 69.7 Å². The van der Waals surface area contributed by atoms with E-state index in [-0.39, 0.29) is 22.9 Å². The third-order valence-corrected chi connectivity index (χ3v) is 4.66. The fourth-order valence-electron chi connectivity index (χ4n) is 3.13. The number of hydrogen-bond acceptors (Lipinski definition) is 5. The number of fused-ring (bicyclic) bond motifs is 1. The molecule has 1 aromatic rings. The number of ether oxygens (including phenoxy) is 2. The highest BCUT2D eigenvalue weighted by Crippen LogP contribution is 2.32. The summed E-state index contributed by atoms with van der Waals surface area (Å²) in [6, 6.07) is 5.35. The average molecular weight is 366 g/mol. The summed E-state index contributed by atoms with van der Waals surface area (Å²) in [4.78, 5) is 36.7. The van der Waals surface area contributed by atoms with E-state index in [9.17, 15) is 14.4 Å². The molecule has 27 heavy (non-hydrogen) atoms. The fraction of sp³-hybridized carbons (Fsp3) is 0.318. The fourth-order valence-corrected chi connectivity index (χ4v) is 3.13. The predicted molar refractivity (Wildman–Crippen MR) is 101 cm³/mol. The van der Waals surface area contributed by atoms with Crippen LogP contribution < -0.4 is 4.74 Å². The van der Waals surface area contributed by atoms with Gasteiger partial charge in [-0.3, -0.25) is 14.4 Å². The quantitative estimate of drug-likeness (QED) is 0.434. The van der Waals surface area contributed by atoms with Crippen molar-refractivity contribution >= 4 is 17.3 Å². The standard InChI is InChI=1S/C22H22O5/c1-3-4-5-6-7-14-8-10-16-18(12-14)27-22(21(25)20(16)24)15-9-11-17(23)19(13-15)26-2/h8-13H,3-7H2,1-2H3. The first-order chi connectivity index (χ1) is 13.0. The molecule has 0 aromatic heterocycles. The SMILES string of the molecule is CCCCCCc1ccc2c(c1)OC(=C1C=CC(=O)C(OC)=C1)C(=O)C2=O. The van der Waals surface area contributed by atoms with Crippen LogP contribution in [-0.2, 0) is 20.7 Å². The monoisotopic (exact) mass is 366 g/mol. The molecule has 1 aromatic carbocycles. The molecule has 0 atom stereocenters. The van der Waals surface area contributed by atoms with Crippen molar-refractivity contribution in [2.24, 2.45) is 0 Å². The Morgan fingerprint density at radius 3 is 2.56 bits per heavy atom. The van der Waals surface area contributed by atoms with Gasteiger partial charge in [0.2, 0.25) is 11.6 Å². The first-order valence-electron chi connectivity index (χ1n) is 9.17. The highest BCUT2D eigenvalue weighted by Gasteiger charge is 2.33. The Morgan fingerprint density at radius 2 is 1.81 bits per heavy atom. The summed E-state index contributed by atoms with van der Waals surface area (Å²) in [5.74, 6) is -1.22. The number of hydrogen-bond donors (Lipinski definition) is 0.